The Morgan fingerprint density at radius 1 is 1.12 bits per heavy atom. The van der Waals surface area contributed by atoms with Crippen LogP contribution < -0.4 is 5.32 Å². The first kappa shape index (κ1) is 16.3. The first-order valence-electron chi connectivity index (χ1n) is 10.5. The molecule has 2 aliphatic carbocycles. The minimum atomic E-state index is 0.185. The zero-order valence-corrected chi connectivity index (χ0v) is 15.3. The largest absolute Gasteiger partial charge is 0.373 e. The Morgan fingerprint density at radius 3 is 2.64 bits per heavy atom. The van der Waals surface area contributed by atoms with Gasteiger partial charge in [-0.2, -0.15) is 0 Å². The monoisotopic (exact) mass is 340 g/mol. The van der Waals surface area contributed by atoms with Crippen molar-refractivity contribution >= 4 is 0 Å². The van der Waals surface area contributed by atoms with E-state index in [9.17, 15) is 0 Å². The molecule has 5 rings (SSSR count). The summed E-state index contributed by atoms with van der Waals surface area (Å²) in [5.41, 5.74) is 1.68. The minimum absolute atomic E-state index is 0.185. The average molecular weight is 341 g/mol. The number of likely N-dealkylation sites (tertiary alicyclic amines) is 1. The number of benzene rings is 1. The van der Waals surface area contributed by atoms with Gasteiger partial charge in [0.15, 0.2) is 0 Å². The van der Waals surface area contributed by atoms with Gasteiger partial charge >= 0.3 is 0 Å². The lowest BCUT2D eigenvalue weighted by molar-refractivity contribution is -0.0473. The summed E-state index contributed by atoms with van der Waals surface area (Å²) < 4.78 is 6.37. The van der Waals surface area contributed by atoms with Gasteiger partial charge in [0.1, 0.15) is 0 Å². The fourth-order valence-corrected chi connectivity index (χ4v) is 5.23. The lowest BCUT2D eigenvalue weighted by atomic mass is 9.83. The summed E-state index contributed by atoms with van der Waals surface area (Å²) in [5, 5.41) is 3.90. The van der Waals surface area contributed by atoms with Crippen molar-refractivity contribution in [3.05, 3.63) is 35.9 Å². The number of nitrogens with zero attached hydrogens (tertiary/aromatic N) is 1. The Balaban J connectivity index is 1.09. The molecule has 2 saturated heterocycles. The summed E-state index contributed by atoms with van der Waals surface area (Å²) in [7, 11) is 0. The molecule has 1 N–H and O–H groups in total. The Kier molecular flexibility index (Phi) is 4.35. The van der Waals surface area contributed by atoms with Gasteiger partial charge in [0.25, 0.3) is 0 Å². The molecule has 0 bridgehead atoms. The van der Waals surface area contributed by atoms with E-state index in [1.54, 1.807) is 0 Å². The van der Waals surface area contributed by atoms with E-state index in [0.29, 0.717) is 12.1 Å². The van der Waals surface area contributed by atoms with Crippen molar-refractivity contribution in [2.75, 3.05) is 26.2 Å². The highest BCUT2D eigenvalue weighted by atomic mass is 16.5. The maximum Gasteiger partial charge on any atom is 0.0723 e. The van der Waals surface area contributed by atoms with Crippen LogP contribution in [0, 0.1) is 5.92 Å². The zero-order valence-electron chi connectivity index (χ0n) is 15.3. The van der Waals surface area contributed by atoms with Crippen LogP contribution in [0.2, 0.25) is 0 Å². The molecule has 2 saturated carbocycles. The SMILES string of the molecule is c1ccc([C@@H]2C[C@H]2NC2COC3(CCN(CC4CCC4)CC3)C2)cc1. The number of nitrogens with one attached hydrogen (secondary N) is 1. The Labute approximate surface area is 152 Å². The smallest absolute Gasteiger partial charge is 0.0723 e. The Bertz CT molecular complexity index is 577. The summed E-state index contributed by atoms with van der Waals surface area (Å²) in [6.45, 7) is 4.76. The molecule has 0 aromatic heterocycles. The molecule has 1 unspecified atom stereocenters. The fourth-order valence-electron chi connectivity index (χ4n) is 5.23. The van der Waals surface area contributed by atoms with Crippen molar-refractivity contribution < 1.29 is 4.74 Å². The van der Waals surface area contributed by atoms with Crippen molar-refractivity contribution in [2.24, 2.45) is 5.92 Å². The van der Waals surface area contributed by atoms with Crippen LogP contribution in [0.1, 0.15) is 56.4 Å². The summed E-state index contributed by atoms with van der Waals surface area (Å²) in [5.74, 6) is 1.72. The molecule has 4 fully saturated rings. The van der Waals surface area contributed by atoms with Crippen molar-refractivity contribution in [3.8, 4) is 0 Å². The topological polar surface area (TPSA) is 24.5 Å². The molecule has 2 aliphatic heterocycles. The molecule has 1 spiro atoms. The molecule has 3 atom stereocenters. The van der Waals surface area contributed by atoms with Crippen molar-refractivity contribution in [2.45, 2.75) is 68.5 Å². The van der Waals surface area contributed by atoms with Gasteiger partial charge in [-0.25, -0.2) is 0 Å². The van der Waals surface area contributed by atoms with Gasteiger partial charge in [-0.15, -0.1) is 0 Å². The lowest BCUT2D eigenvalue weighted by Gasteiger charge is -2.41. The van der Waals surface area contributed by atoms with Crippen LogP contribution in [0.4, 0.5) is 0 Å². The molecule has 25 heavy (non-hydrogen) atoms. The third kappa shape index (κ3) is 3.51. The second kappa shape index (κ2) is 6.68. The predicted molar refractivity (Wildman–Crippen MR) is 101 cm³/mol. The maximum absolute atomic E-state index is 6.37. The Morgan fingerprint density at radius 2 is 1.92 bits per heavy atom. The quantitative estimate of drug-likeness (QED) is 0.887. The second-order valence-corrected chi connectivity index (χ2v) is 9.02. The summed E-state index contributed by atoms with van der Waals surface area (Å²) in [6, 6.07) is 12.2. The van der Waals surface area contributed by atoms with Gasteiger partial charge in [-0.3, -0.25) is 0 Å². The summed E-state index contributed by atoms with van der Waals surface area (Å²) in [4.78, 5) is 2.70. The molecule has 1 aromatic rings. The molecule has 3 heteroatoms. The van der Waals surface area contributed by atoms with Gasteiger partial charge < -0.3 is 15.0 Å². The third-order valence-corrected chi connectivity index (χ3v) is 7.19. The molecule has 0 amide bonds. The summed E-state index contributed by atoms with van der Waals surface area (Å²) in [6.07, 6.45) is 9.40. The minimum Gasteiger partial charge on any atom is -0.373 e. The number of piperidine rings is 1. The normalized spacial score (nSPS) is 35.0. The van der Waals surface area contributed by atoms with E-state index >= 15 is 0 Å². The van der Waals surface area contributed by atoms with Crippen LogP contribution in [-0.4, -0.2) is 48.8 Å². The van der Waals surface area contributed by atoms with Crippen LogP contribution in [0.5, 0.6) is 0 Å². The standard InChI is InChI=1S/C22H32N2O/c1-2-7-18(8-3-1)20-13-21(20)23-19-14-22(25-16-19)9-11-24(12-10-22)15-17-5-4-6-17/h1-3,7-8,17,19-21,23H,4-6,9-16H2/t19?,20-,21+/m0/s1. The van der Waals surface area contributed by atoms with Crippen LogP contribution >= 0.6 is 0 Å². The Hall–Kier alpha value is -0.900. The first-order valence-corrected chi connectivity index (χ1v) is 10.5. The summed E-state index contributed by atoms with van der Waals surface area (Å²) >= 11 is 0. The van der Waals surface area contributed by atoms with E-state index in [0.717, 1.165) is 18.4 Å². The van der Waals surface area contributed by atoms with Gasteiger partial charge in [0.2, 0.25) is 0 Å². The van der Waals surface area contributed by atoms with Crippen LogP contribution in [0.25, 0.3) is 0 Å². The highest BCUT2D eigenvalue weighted by Crippen LogP contribution is 2.43. The van der Waals surface area contributed by atoms with Crippen molar-refractivity contribution in [3.63, 3.8) is 0 Å². The average Bonchev–Trinajstić information content (AvgIpc) is 3.27. The zero-order chi connectivity index (χ0) is 16.7. The van der Waals surface area contributed by atoms with Gasteiger partial charge in [0, 0.05) is 37.6 Å². The van der Waals surface area contributed by atoms with Crippen molar-refractivity contribution in [1.29, 1.82) is 0 Å². The van der Waals surface area contributed by atoms with Crippen molar-refractivity contribution in [1.82, 2.24) is 10.2 Å². The first-order chi connectivity index (χ1) is 12.3. The molecule has 3 nitrogen and oxygen atoms in total. The molecule has 4 aliphatic rings. The highest BCUT2D eigenvalue weighted by molar-refractivity contribution is 5.27. The van der Waals surface area contributed by atoms with E-state index in [4.69, 9.17) is 4.74 Å². The third-order valence-electron chi connectivity index (χ3n) is 7.19. The van der Waals surface area contributed by atoms with Gasteiger partial charge in [0.05, 0.1) is 12.2 Å². The van der Waals surface area contributed by atoms with Crippen LogP contribution in [-0.2, 0) is 4.74 Å². The molecule has 1 aromatic carbocycles. The van der Waals surface area contributed by atoms with Crippen LogP contribution in [0.3, 0.4) is 0 Å². The van der Waals surface area contributed by atoms with E-state index in [1.807, 2.05) is 0 Å². The highest BCUT2D eigenvalue weighted by Gasteiger charge is 2.46. The maximum atomic E-state index is 6.37. The number of hydrogen-bond acceptors (Lipinski definition) is 3. The number of hydrogen-bond donors (Lipinski definition) is 1. The number of rotatable bonds is 5. The fraction of sp³-hybridized carbons (Fsp3) is 0.727. The molecule has 2 heterocycles. The van der Waals surface area contributed by atoms with Gasteiger partial charge in [-0.05, 0) is 50.0 Å². The molecular formula is C22H32N2O. The van der Waals surface area contributed by atoms with Crippen LogP contribution in [0.15, 0.2) is 30.3 Å². The van der Waals surface area contributed by atoms with E-state index in [-0.39, 0.29) is 5.60 Å². The van der Waals surface area contributed by atoms with E-state index in [1.165, 1.54) is 70.1 Å². The van der Waals surface area contributed by atoms with Gasteiger partial charge in [-0.1, -0.05) is 36.8 Å². The van der Waals surface area contributed by atoms with E-state index in [2.05, 4.69) is 40.5 Å². The second-order valence-electron chi connectivity index (χ2n) is 9.02. The molecule has 136 valence electrons. The van der Waals surface area contributed by atoms with E-state index < -0.39 is 0 Å². The molecular weight excluding hydrogens is 308 g/mol. The predicted octanol–water partition coefficient (Wildman–Crippen LogP) is 3.56. The lowest BCUT2D eigenvalue weighted by Crippen LogP contribution is -2.46. The molecule has 0 radical (unpaired) electrons. The number of ether oxygens (including phenoxy) is 1.